The minimum atomic E-state index is -1.94. The van der Waals surface area contributed by atoms with E-state index in [9.17, 15) is 19.6 Å². The van der Waals surface area contributed by atoms with Crippen molar-refractivity contribution >= 4 is 29.4 Å². The van der Waals surface area contributed by atoms with Gasteiger partial charge in [-0.3, -0.25) is 20.2 Å². The highest BCUT2D eigenvalue weighted by molar-refractivity contribution is 6.30. The van der Waals surface area contributed by atoms with E-state index >= 15 is 0 Å². The molecule has 8 heteroatoms. The molecule has 1 aromatic rings. The summed E-state index contributed by atoms with van der Waals surface area (Å²) < 4.78 is 0. The number of hydroxylamine groups is 1. The van der Waals surface area contributed by atoms with Gasteiger partial charge in [0, 0.05) is 11.4 Å². The maximum absolute atomic E-state index is 11.8. The lowest BCUT2D eigenvalue weighted by atomic mass is 9.88. The predicted octanol–water partition coefficient (Wildman–Crippen LogP) is -0.0339. The van der Waals surface area contributed by atoms with Gasteiger partial charge in [-0.2, -0.15) is 5.48 Å². The van der Waals surface area contributed by atoms with Gasteiger partial charge in [0.2, 0.25) is 5.54 Å². The molecule has 1 fully saturated rings. The summed E-state index contributed by atoms with van der Waals surface area (Å²) in [5.74, 6) is -1.84. The maximum Gasteiger partial charge on any atom is 0.328 e. The maximum atomic E-state index is 11.8. The van der Waals surface area contributed by atoms with E-state index in [0.717, 1.165) is 0 Å². The molecule has 1 aromatic carbocycles. The number of carbonyl (C=O) groups is 3. The molecule has 19 heavy (non-hydrogen) atoms. The first kappa shape index (κ1) is 13.5. The van der Waals surface area contributed by atoms with Crippen molar-refractivity contribution in [3.05, 3.63) is 34.9 Å². The van der Waals surface area contributed by atoms with Crippen molar-refractivity contribution in [2.24, 2.45) is 0 Å². The van der Waals surface area contributed by atoms with Crippen molar-refractivity contribution in [1.29, 1.82) is 0 Å². The summed E-state index contributed by atoms with van der Waals surface area (Å²) in [6.07, 6.45) is -0.133. The minimum Gasteiger partial charge on any atom is -0.315 e. The lowest BCUT2D eigenvalue weighted by Gasteiger charge is -2.32. The molecule has 100 valence electrons. The molecule has 0 radical (unpaired) electrons. The number of carbonyl (C=O) groups excluding carboxylic acids is 3. The predicted molar refractivity (Wildman–Crippen MR) is 64.5 cm³/mol. The van der Waals surface area contributed by atoms with Gasteiger partial charge in [0.15, 0.2) is 0 Å². The Morgan fingerprint density at radius 1 is 1.11 bits per heavy atom. The summed E-state index contributed by atoms with van der Waals surface area (Å²) in [7, 11) is 0. The molecule has 0 unspecified atom stereocenters. The monoisotopic (exact) mass is 283 g/mol. The van der Waals surface area contributed by atoms with Crippen LogP contribution in [0.2, 0.25) is 5.02 Å². The molecule has 0 bridgehead atoms. The third kappa shape index (κ3) is 2.43. The number of imide groups is 2. The first-order valence-corrected chi connectivity index (χ1v) is 5.68. The second-order valence-electron chi connectivity index (χ2n) is 4.06. The lowest BCUT2D eigenvalue weighted by molar-refractivity contribution is -0.145. The highest BCUT2D eigenvalue weighted by atomic mass is 35.5. The van der Waals surface area contributed by atoms with E-state index in [2.05, 4.69) is 0 Å². The average Bonchev–Trinajstić information content (AvgIpc) is 2.36. The van der Waals surface area contributed by atoms with Gasteiger partial charge >= 0.3 is 6.03 Å². The van der Waals surface area contributed by atoms with Crippen LogP contribution in [0.25, 0.3) is 0 Å². The van der Waals surface area contributed by atoms with E-state index in [1.54, 1.807) is 29.7 Å². The van der Waals surface area contributed by atoms with E-state index < -0.39 is 23.4 Å². The molecule has 0 saturated carbocycles. The molecule has 0 atom stereocenters. The minimum absolute atomic E-state index is 0.133. The van der Waals surface area contributed by atoms with Crippen LogP contribution in [0.5, 0.6) is 0 Å². The largest absolute Gasteiger partial charge is 0.328 e. The Kier molecular flexibility index (Phi) is 3.52. The van der Waals surface area contributed by atoms with Crippen LogP contribution in [0.3, 0.4) is 0 Å². The first-order valence-electron chi connectivity index (χ1n) is 5.30. The van der Waals surface area contributed by atoms with Crippen LogP contribution >= 0.6 is 11.6 Å². The molecule has 0 spiro atoms. The quantitative estimate of drug-likeness (QED) is 0.460. The molecule has 1 aliphatic heterocycles. The Morgan fingerprint density at radius 3 is 2.11 bits per heavy atom. The number of hydrogen-bond acceptors (Lipinski definition) is 5. The SMILES string of the molecule is O=C1NC(=O)C(Cc2ccc(Cl)cc2)(NO)C(=O)N1. The summed E-state index contributed by atoms with van der Waals surface area (Å²) in [6.45, 7) is 0. The Morgan fingerprint density at radius 2 is 1.63 bits per heavy atom. The van der Waals surface area contributed by atoms with Gasteiger partial charge < -0.3 is 5.21 Å². The molecule has 4 N–H and O–H groups in total. The van der Waals surface area contributed by atoms with Gasteiger partial charge in [0.1, 0.15) is 0 Å². The third-order valence-electron chi connectivity index (χ3n) is 2.80. The number of benzene rings is 1. The molecule has 1 saturated heterocycles. The smallest absolute Gasteiger partial charge is 0.315 e. The fourth-order valence-corrected chi connectivity index (χ4v) is 1.89. The number of hydrogen-bond donors (Lipinski definition) is 4. The molecular weight excluding hydrogens is 274 g/mol. The number of barbiturate groups is 1. The molecule has 1 heterocycles. The number of amides is 4. The van der Waals surface area contributed by atoms with E-state index in [1.807, 2.05) is 10.6 Å². The van der Waals surface area contributed by atoms with E-state index in [0.29, 0.717) is 10.6 Å². The van der Waals surface area contributed by atoms with E-state index in [-0.39, 0.29) is 6.42 Å². The van der Waals surface area contributed by atoms with Crippen LogP contribution in [-0.4, -0.2) is 28.6 Å². The number of halogens is 1. The van der Waals surface area contributed by atoms with Crippen molar-refractivity contribution in [2.75, 3.05) is 0 Å². The summed E-state index contributed by atoms with van der Waals surface area (Å²) in [4.78, 5) is 34.6. The Labute approximate surface area is 112 Å². The van der Waals surface area contributed by atoms with Crippen molar-refractivity contribution < 1.29 is 19.6 Å². The highest BCUT2D eigenvalue weighted by Gasteiger charge is 2.50. The Bertz CT molecular complexity index is 523. The van der Waals surface area contributed by atoms with E-state index in [1.165, 1.54) is 0 Å². The summed E-state index contributed by atoms with van der Waals surface area (Å²) >= 11 is 5.73. The van der Waals surface area contributed by atoms with Crippen LogP contribution in [-0.2, 0) is 16.0 Å². The second-order valence-corrected chi connectivity index (χ2v) is 4.49. The standard InChI is InChI=1S/C11H10ClN3O4/c12-7-3-1-6(2-4-7)5-11(15-19)8(16)13-10(18)14-9(11)17/h1-4,15,19H,5H2,(H2,13,14,16,17,18). The number of urea groups is 1. The fraction of sp³-hybridized carbons (Fsp3) is 0.182. The van der Waals surface area contributed by atoms with Crippen LogP contribution in [0.4, 0.5) is 4.79 Å². The van der Waals surface area contributed by atoms with Gasteiger partial charge in [0.05, 0.1) is 0 Å². The van der Waals surface area contributed by atoms with Crippen LogP contribution < -0.4 is 16.1 Å². The Balaban J connectivity index is 2.32. The van der Waals surface area contributed by atoms with Gasteiger partial charge in [-0.15, -0.1) is 0 Å². The number of nitrogens with one attached hydrogen (secondary N) is 3. The fourth-order valence-electron chi connectivity index (χ4n) is 1.76. The second kappa shape index (κ2) is 4.96. The lowest BCUT2D eigenvalue weighted by Crippen LogP contribution is -2.72. The van der Waals surface area contributed by atoms with Gasteiger partial charge in [0.25, 0.3) is 11.8 Å². The van der Waals surface area contributed by atoms with Crippen LogP contribution in [0.15, 0.2) is 24.3 Å². The third-order valence-corrected chi connectivity index (χ3v) is 3.05. The van der Waals surface area contributed by atoms with Crippen molar-refractivity contribution in [2.45, 2.75) is 12.0 Å². The molecule has 7 nitrogen and oxygen atoms in total. The molecular formula is C11H10ClN3O4. The van der Waals surface area contributed by atoms with Crippen LogP contribution in [0, 0.1) is 0 Å². The zero-order valence-corrected chi connectivity index (χ0v) is 10.3. The topological polar surface area (TPSA) is 108 Å². The zero-order chi connectivity index (χ0) is 14.0. The molecule has 4 amide bonds. The molecule has 0 aliphatic carbocycles. The van der Waals surface area contributed by atoms with Gasteiger partial charge in [-0.05, 0) is 17.7 Å². The molecule has 1 aliphatic rings. The summed E-state index contributed by atoms with van der Waals surface area (Å²) in [5, 5.41) is 13.5. The van der Waals surface area contributed by atoms with Crippen molar-refractivity contribution in [3.63, 3.8) is 0 Å². The highest BCUT2D eigenvalue weighted by Crippen LogP contribution is 2.18. The normalized spacial score (nSPS) is 17.9. The van der Waals surface area contributed by atoms with Gasteiger partial charge in [-0.25, -0.2) is 4.79 Å². The average molecular weight is 284 g/mol. The van der Waals surface area contributed by atoms with Gasteiger partial charge in [-0.1, -0.05) is 23.7 Å². The molecule has 2 rings (SSSR count). The van der Waals surface area contributed by atoms with Crippen LogP contribution in [0.1, 0.15) is 5.56 Å². The Hall–Kier alpha value is -1.96. The van der Waals surface area contributed by atoms with E-state index in [4.69, 9.17) is 11.6 Å². The summed E-state index contributed by atoms with van der Waals surface area (Å²) in [5.41, 5.74) is 0.337. The summed E-state index contributed by atoms with van der Waals surface area (Å²) in [6, 6.07) is 5.48. The first-order chi connectivity index (χ1) is 8.98. The van der Waals surface area contributed by atoms with Crippen molar-refractivity contribution in [3.8, 4) is 0 Å². The number of rotatable bonds is 3. The van der Waals surface area contributed by atoms with Crippen molar-refractivity contribution in [1.82, 2.24) is 16.1 Å². The zero-order valence-electron chi connectivity index (χ0n) is 9.57. The molecule has 0 aromatic heterocycles.